The van der Waals surface area contributed by atoms with E-state index in [-0.39, 0.29) is 11.0 Å². The zero-order valence-electron chi connectivity index (χ0n) is 17.5. The molecule has 1 atom stereocenters. The molecule has 1 aromatic rings. The van der Waals surface area contributed by atoms with Gasteiger partial charge in [0, 0.05) is 36.0 Å². The van der Waals surface area contributed by atoms with Crippen LogP contribution in [0.3, 0.4) is 0 Å². The molecule has 0 aliphatic carbocycles. The molecule has 0 saturated carbocycles. The third-order valence-electron chi connectivity index (χ3n) is 3.84. The number of nitrogens with zero attached hydrogens (tertiary/aromatic N) is 1. The van der Waals surface area contributed by atoms with Crippen LogP contribution in [0.25, 0.3) is 0 Å². The smallest absolute Gasteiger partial charge is 0.251 e. The predicted molar refractivity (Wildman–Crippen MR) is 116 cm³/mol. The molecule has 1 rings (SSSR count). The molecule has 1 amide bonds. The van der Waals surface area contributed by atoms with Crippen LogP contribution in [0.1, 0.15) is 57.0 Å². The van der Waals surface area contributed by atoms with E-state index in [2.05, 4.69) is 44.3 Å². The van der Waals surface area contributed by atoms with Crippen LogP contribution >= 0.6 is 20.1 Å². The maximum atomic E-state index is 12.4. The number of amides is 1. The minimum Gasteiger partial charge on any atom is -0.352 e. The van der Waals surface area contributed by atoms with Gasteiger partial charge in [0.1, 0.15) is 8.30 Å². The highest BCUT2D eigenvalue weighted by molar-refractivity contribution is 8.13. The molecule has 5 nitrogen and oxygen atoms in total. The highest BCUT2D eigenvalue weighted by Crippen LogP contribution is 2.40. The Kier molecular flexibility index (Phi) is 10.5. The van der Waals surface area contributed by atoms with Crippen LogP contribution in [0.2, 0.25) is 0 Å². The SMILES string of the molecule is CC(=O)Sc1cc(C)cc(C(=O)NCCCOP(C)N(C(C)C)C(C)C)c1. The number of carbonyl (C=O) groups excluding carboxylic acids is 2. The molecule has 0 aliphatic heterocycles. The van der Waals surface area contributed by atoms with Crippen LogP contribution in [0.5, 0.6) is 0 Å². The summed E-state index contributed by atoms with van der Waals surface area (Å²) in [6.45, 7) is 15.5. The second kappa shape index (κ2) is 11.8. The lowest BCUT2D eigenvalue weighted by Gasteiger charge is -2.35. The number of aryl methyl sites for hydroxylation is 1. The van der Waals surface area contributed by atoms with Gasteiger partial charge in [0.15, 0.2) is 5.12 Å². The monoisotopic (exact) mass is 412 g/mol. The number of hydrogen-bond donors (Lipinski definition) is 1. The number of hydrogen-bond acceptors (Lipinski definition) is 5. The van der Waals surface area contributed by atoms with Gasteiger partial charge in [-0.05, 0) is 71.5 Å². The first-order valence-corrected chi connectivity index (χ1v) is 11.8. The summed E-state index contributed by atoms with van der Waals surface area (Å²) in [7, 11) is -0.630. The van der Waals surface area contributed by atoms with Crippen molar-refractivity contribution in [3.05, 3.63) is 29.3 Å². The number of nitrogens with one attached hydrogen (secondary N) is 1. The number of carbonyl (C=O) groups is 2. The van der Waals surface area contributed by atoms with Gasteiger partial charge in [0.25, 0.3) is 5.91 Å². The fourth-order valence-corrected chi connectivity index (χ4v) is 5.58. The van der Waals surface area contributed by atoms with Gasteiger partial charge in [0.05, 0.1) is 6.61 Å². The zero-order valence-corrected chi connectivity index (χ0v) is 19.2. The van der Waals surface area contributed by atoms with Gasteiger partial charge in [0.2, 0.25) is 0 Å². The highest BCUT2D eigenvalue weighted by Gasteiger charge is 2.20. The Morgan fingerprint density at radius 2 is 1.81 bits per heavy atom. The summed E-state index contributed by atoms with van der Waals surface area (Å²) in [5.74, 6) is -0.117. The zero-order chi connectivity index (χ0) is 20.6. The van der Waals surface area contributed by atoms with Crippen LogP contribution in [0, 0.1) is 6.92 Å². The predicted octanol–water partition coefficient (Wildman–Crippen LogP) is 4.83. The van der Waals surface area contributed by atoms with Crippen molar-refractivity contribution in [1.82, 2.24) is 9.99 Å². The van der Waals surface area contributed by atoms with E-state index >= 15 is 0 Å². The lowest BCUT2D eigenvalue weighted by Crippen LogP contribution is -2.33. The Morgan fingerprint density at radius 3 is 2.37 bits per heavy atom. The summed E-state index contributed by atoms with van der Waals surface area (Å²) in [5.41, 5.74) is 1.55. The molecule has 27 heavy (non-hydrogen) atoms. The Labute approximate surface area is 169 Å². The second-order valence-corrected chi connectivity index (χ2v) is 10.0. The Hall–Kier alpha value is -0.940. The quantitative estimate of drug-likeness (QED) is 0.339. The first kappa shape index (κ1) is 24.1. The van der Waals surface area contributed by atoms with Gasteiger partial charge in [-0.2, -0.15) is 0 Å². The minimum absolute atomic E-state index is 0.0111. The molecular weight excluding hydrogens is 379 g/mol. The third-order valence-corrected chi connectivity index (χ3v) is 6.73. The van der Waals surface area contributed by atoms with Crippen LogP contribution in [0.15, 0.2) is 23.1 Å². The van der Waals surface area contributed by atoms with E-state index in [1.165, 1.54) is 6.92 Å². The van der Waals surface area contributed by atoms with Gasteiger partial charge in [-0.25, -0.2) is 0 Å². The van der Waals surface area contributed by atoms with Gasteiger partial charge < -0.3 is 9.84 Å². The van der Waals surface area contributed by atoms with Crippen molar-refractivity contribution in [2.75, 3.05) is 19.8 Å². The number of benzene rings is 1. The summed E-state index contributed by atoms with van der Waals surface area (Å²) in [6.07, 6.45) is 0.767. The summed E-state index contributed by atoms with van der Waals surface area (Å²) in [5, 5.41) is 2.95. The summed E-state index contributed by atoms with van der Waals surface area (Å²) >= 11 is 1.15. The van der Waals surface area contributed by atoms with Crippen LogP contribution in [0.4, 0.5) is 0 Å². The molecule has 152 valence electrons. The Morgan fingerprint density at radius 1 is 1.19 bits per heavy atom. The summed E-state index contributed by atoms with van der Waals surface area (Å²) < 4.78 is 8.38. The van der Waals surface area contributed by atoms with E-state index in [9.17, 15) is 9.59 Å². The van der Waals surface area contributed by atoms with Crippen molar-refractivity contribution in [1.29, 1.82) is 0 Å². The molecule has 0 radical (unpaired) electrons. The van der Waals surface area contributed by atoms with Crippen molar-refractivity contribution in [2.45, 2.75) is 64.9 Å². The Balaban J connectivity index is 2.45. The maximum absolute atomic E-state index is 12.4. The minimum atomic E-state index is -0.630. The molecule has 7 heteroatoms. The van der Waals surface area contributed by atoms with Gasteiger partial charge in [-0.3, -0.25) is 14.3 Å². The van der Waals surface area contributed by atoms with Crippen LogP contribution in [-0.4, -0.2) is 47.6 Å². The van der Waals surface area contributed by atoms with Gasteiger partial charge in [-0.15, -0.1) is 0 Å². The van der Waals surface area contributed by atoms with Crippen molar-refractivity contribution in [3.63, 3.8) is 0 Å². The molecule has 1 N–H and O–H groups in total. The van der Waals surface area contributed by atoms with Gasteiger partial charge in [-0.1, -0.05) is 11.8 Å². The second-order valence-electron chi connectivity index (χ2n) is 7.10. The molecule has 0 spiro atoms. The molecule has 0 aromatic heterocycles. The van der Waals surface area contributed by atoms with E-state index < -0.39 is 8.30 Å². The largest absolute Gasteiger partial charge is 0.352 e. The number of thioether (sulfide) groups is 1. The van der Waals surface area contributed by atoms with E-state index in [4.69, 9.17) is 4.52 Å². The molecular formula is C20H33N2O3PS. The Bertz CT molecular complexity index is 630. The van der Waals surface area contributed by atoms with E-state index in [1.807, 2.05) is 19.1 Å². The number of rotatable bonds is 10. The molecule has 0 bridgehead atoms. The summed E-state index contributed by atoms with van der Waals surface area (Å²) in [6, 6.07) is 6.41. The van der Waals surface area contributed by atoms with Crippen molar-refractivity contribution >= 4 is 31.1 Å². The van der Waals surface area contributed by atoms with Crippen LogP contribution in [-0.2, 0) is 9.32 Å². The fraction of sp³-hybridized carbons (Fsp3) is 0.600. The fourth-order valence-electron chi connectivity index (χ4n) is 2.99. The molecule has 0 aliphatic rings. The van der Waals surface area contributed by atoms with Crippen molar-refractivity contribution < 1.29 is 14.1 Å². The average Bonchev–Trinajstić information content (AvgIpc) is 2.52. The first-order valence-electron chi connectivity index (χ1n) is 9.35. The average molecular weight is 413 g/mol. The van der Waals surface area contributed by atoms with Crippen molar-refractivity contribution in [2.24, 2.45) is 0 Å². The molecule has 0 heterocycles. The van der Waals surface area contributed by atoms with E-state index in [0.29, 0.717) is 30.8 Å². The van der Waals surface area contributed by atoms with Crippen LogP contribution < -0.4 is 5.32 Å². The third kappa shape index (κ3) is 8.73. The lowest BCUT2D eigenvalue weighted by atomic mass is 10.1. The lowest BCUT2D eigenvalue weighted by molar-refractivity contribution is -0.109. The summed E-state index contributed by atoms with van der Waals surface area (Å²) in [4.78, 5) is 24.5. The van der Waals surface area contributed by atoms with Gasteiger partial charge >= 0.3 is 0 Å². The molecule has 0 saturated heterocycles. The molecule has 0 fully saturated rings. The first-order chi connectivity index (χ1) is 12.6. The van der Waals surface area contributed by atoms with Crippen molar-refractivity contribution in [3.8, 4) is 0 Å². The topological polar surface area (TPSA) is 58.6 Å². The highest BCUT2D eigenvalue weighted by atomic mass is 32.2. The maximum Gasteiger partial charge on any atom is 0.251 e. The normalized spacial score (nSPS) is 12.7. The molecule has 1 unspecified atom stereocenters. The van der Waals surface area contributed by atoms with E-state index in [0.717, 1.165) is 28.6 Å². The standard InChI is InChI=1S/C20H33N2O3PS/c1-14(2)22(15(3)4)26(7)25-10-8-9-21-20(24)18-11-16(5)12-19(13-18)27-17(6)23/h11-15H,8-10H2,1-7H3,(H,21,24). The van der Waals surface area contributed by atoms with E-state index in [1.54, 1.807) is 6.07 Å². The molecule has 1 aromatic carbocycles.